The highest BCUT2D eigenvalue weighted by atomic mass is 79.9. The van der Waals surface area contributed by atoms with Gasteiger partial charge in [0, 0.05) is 35.0 Å². The van der Waals surface area contributed by atoms with Crippen molar-refractivity contribution in [3.63, 3.8) is 0 Å². The lowest BCUT2D eigenvalue weighted by atomic mass is 9.66. The number of hydrogen-bond donors (Lipinski definition) is 0. The molecule has 1 aliphatic heterocycles. The number of ether oxygens (including phenoxy) is 2. The van der Waals surface area contributed by atoms with Gasteiger partial charge in [0.25, 0.3) is 0 Å². The number of benzene rings is 3. The molecule has 3 aromatic rings. The van der Waals surface area contributed by atoms with Gasteiger partial charge in [0.15, 0.2) is 12.4 Å². The van der Waals surface area contributed by atoms with E-state index in [2.05, 4.69) is 15.9 Å². The third-order valence-electron chi connectivity index (χ3n) is 7.45. The number of Topliss-reactive ketones (excluding diaryl/α,β-unsaturated/α-hetero) is 1. The van der Waals surface area contributed by atoms with Gasteiger partial charge in [0.05, 0.1) is 25.0 Å². The molecule has 1 saturated heterocycles. The fourth-order valence-corrected chi connectivity index (χ4v) is 5.72. The number of ketones is 1. The molecule has 6 nitrogen and oxygen atoms in total. The Bertz CT molecular complexity index is 1320. The number of hydrogen-bond acceptors (Lipinski definition) is 5. The van der Waals surface area contributed by atoms with Crippen LogP contribution in [0, 0.1) is 11.8 Å². The standard InChI is InChI=1S/C32H30BrNO5/c33-25-13-11-24(12-14-25)28(35)21-39-32(37)30-27(23-9-5-2-6-10-23)16-15-26(22-7-3-1-4-8-22)29(30)31(36)34-17-19-38-20-18-34/h1-16,26-27,29-30H,17-21H2. The van der Waals surface area contributed by atoms with Gasteiger partial charge in [-0.2, -0.15) is 0 Å². The van der Waals surface area contributed by atoms with Crippen molar-refractivity contribution in [2.24, 2.45) is 11.8 Å². The molecule has 4 atom stereocenters. The van der Waals surface area contributed by atoms with Crippen molar-refractivity contribution in [1.29, 1.82) is 0 Å². The van der Waals surface area contributed by atoms with Gasteiger partial charge in [-0.1, -0.05) is 101 Å². The summed E-state index contributed by atoms with van der Waals surface area (Å²) in [6.45, 7) is 1.48. The fourth-order valence-electron chi connectivity index (χ4n) is 5.46. The van der Waals surface area contributed by atoms with Crippen LogP contribution in [-0.4, -0.2) is 55.5 Å². The highest BCUT2D eigenvalue weighted by Crippen LogP contribution is 2.46. The Morgan fingerprint density at radius 2 is 1.31 bits per heavy atom. The predicted molar refractivity (Wildman–Crippen MR) is 151 cm³/mol. The number of amides is 1. The lowest BCUT2D eigenvalue weighted by molar-refractivity contribution is -0.157. The molecule has 1 aliphatic carbocycles. The summed E-state index contributed by atoms with van der Waals surface area (Å²) >= 11 is 3.37. The largest absolute Gasteiger partial charge is 0.457 e. The van der Waals surface area contributed by atoms with Gasteiger partial charge in [-0.05, 0) is 23.3 Å². The second-order valence-corrected chi connectivity index (χ2v) is 10.7. The normalized spacial score (nSPS) is 22.7. The molecular weight excluding hydrogens is 558 g/mol. The van der Waals surface area contributed by atoms with Crippen LogP contribution in [0.2, 0.25) is 0 Å². The summed E-state index contributed by atoms with van der Waals surface area (Å²) in [4.78, 5) is 42.8. The first-order valence-corrected chi connectivity index (χ1v) is 13.9. The maximum absolute atomic E-state index is 14.2. The van der Waals surface area contributed by atoms with Crippen LogP contribution in [0.5, 0.6) is 0 Å². The number of carbonyl (C=O) groups excluding carboxylic acids is 3. The summed E-state index contributed by atoms with van der Waals surface area (Å²) in [5, 5.41) is 0. The number of morpholine rings is 1. The summed E-state index contributed by atoms with van der Waals surface area (Å²) in [6.07, 6.45) is 4.06. The average molecular weight is 588 g/mol. The Morgan fingerprint density at radius 1 is 0.769 bits per heavy atom. The molecule has 0 N–H and O–H groups in total. The summed E-state index contributed by atoms with van der Waals surface area (Å²) < 4.78 is 12.0. The van der Waals surface area contributed by atoms with Gasteiger partial charge in [-0.15, -0.1) is 0 Å². The smallest absolute Gasteiger partial charge is 0.311 e. The van der Waals surface area contributed by atoms with E-state index in [1.165, 1.54) is 0 Å². The Balaban J connectivity index is 1.50. The van der Waals surface area contributed by atoms with E-state index in [-0.39, 0.29) is 23.5 Å². The fraction of sp³-hybridized carbons (Fsp3) is 0.281. The Kier molecular flexibility index (Phi) is 8.69. The van der Waals surface area contributed by atoms with E-state index in [1.54, 1.807) is 29.2 Å². The van der Waals surface area contributed by atoms with Crippen LogP contribution < -0.4 is 0 Å². The summed E-state index contributed by atoms with van der Waals surface area (Å²) in [7, 11) is 0. The van der Waals surface area contributed by atoms with Crippen molar-refractivity contribution in [3.05, 3.63) is 118 Å². The van der Waals surface area contributed by atoms with Crippen molar-refractivity contribution >= 4 is 33.6 Å². The van der Waals surface area contributed by atoms with E-state index in [1.807, 2.05) is 72.8 Å². The zero-order chi connectivity index (χ0) is 27.2. The maximum Gasteiger partial charge on any atom is 0.311 e. The van der Waals surface area contributed by atoms with E-state index in [9.17, 15) is 14.4 Å². The molecule has 0 aromatic heterocycles. The molecule has 3 aromatic carbocycles. The van der Waals surface area contributed by atoms with Crippen molar-refractivity contribution in [3.8, 4) is 0 Å². The topological polar surface area (TPSA) is 72.9 Å². The Morgan fingerprint density at radius 3 is 1.87 bits per heavy atom. The van der Waals surface area contributed by atoms with Crippen LogP contribution in [0.25, 0.3) is 0 Å². The quantitative estimate of drug-likeness (QED) is 0.210. The van der Waals surface area contributed by atoms with Gasteiger partial charge < -0.3 is 14.4 Å². The second kappa shape index (κ2) is 12.5. The highest BCUT2D eigenvalue weighted by molar-refractivity contribution is 9.10. The maximum atomic E-state index is 14.2. The number of carbonyl (C=O) groups is 3. The molecule has 5 rings (SSSR count). The Labute approximate surface area is 236 Å². The summed E-state index contributed by atoms with van der Waals surface area (Å²) in [6, 6.07) is 26.4. The van der Waals surface area contributed by atoms with Crippen LogP contribution in [-0.2, 0) is 19.1 Å². The van der Waals surface area contributed by atoms with E-state index >= 15 is 0 Å². The predicted octanol–water partition coefficient (Wildman–Crippen LogP) is 5.40. The highest BCUT2D eigenvalue weighted by Gasteiger charge is 2.48. The summed E-state index contributed by atoms with van der Waals surface area (Å²) in [5.74, 6) is -3.15. The molecule has 0 radical (unpaired) electrons. The lowest BCUT2D eigenvalue weighted by Gasteiger charge is -2.41. The van der Waals surface area contributed by atoms with E-state index in [0.29, 0.717) is 31.9 Å². The summed E-state index contributed by atoms with van der Waals surface area (Å²) in [5.41, 5.74) is 2.33. The molecule has 0 spiro atoms. The second-order valence-electron chi connectivity index (χ2n) is 9.78. The first kappa shape index (κ1) is 27.0. The monoisotopic (exact) mass is 587 g/mol. The lowest BCUT2D eigenvalue weighted by Crippen LogP contribution is -2.50. The average Bonchev–Trinajstić information content (AvgIpc) is 3.00. The van der Waals surface area contributed by atoms with Gasteiger partial charge in [0.2, 0.25) is 5.91 Å². The van der Waals surface area contributed by atoms with E-state index < -0.39 is 24.4 Å². The molecule has 1 fully saturated rings. The molecule has 0 saturated carbocycles. The minimum atomic E-state index is -0.810. The third-order valence-corrected chi connectivity index (χ3v) is 7.98. The minimum absolute atomic E-state index is 0.0985. The number of halogens is 1. The first-order chi connectivity index (χ1) is 19.0. The van der Waals surface area contributed by atoms with Crippen molar-refractivity contribution in [2.75, 3.05) is 32.9 Å². The molecule has 7 heteroatoms. The number of rotatable bonds is 7. The number of allylic oxidation sites excluding steroid dienone is 2. The van der Waals surface area contributed by atoms with Gasteiger partial charge >= 0.3 is 5.97 Å². The SMILES string of the molecule is O=C(COC(=O)C1C(c2ccccc2)C=CC(c2ccccc2)C1C(=O)N1CCOCC1)c1ccc(Br)cc1. The molecule has 2 aliphatic rings. The molecule has 200 valence electrons. The molecule has 1 amide bonds. The first-order valence-electron chi connectivity index (χ1n) is 13.1. The zero-order valence-corrected chi connectivity index (χ0v) is 23.0. The van der Waals surface area contributed by atoms with Gasteiger partial charge in [-0.25, -0.2) is 0 Å². The third kappa shape index (κ3) is 6.21. The molecule has 1 heterocycles. The van der Waals surface area contributed by atoms with Crippen LogP contribution in [0.3, 0.4) is 0 Å². The van der Waals surface area contributed by atoms with E-state index in [0.717, 1.165) is 15.6 Å². The van der Waals surface area contributed by atoms with Gasteiger partial charge in [0.1, 0.15) is 0 Å². The molecular formula is C32H30BrNO5. The van der Waals surface area contributed by atoms with Crippen LogP contribution in [0.15, 0.2) is 102 Å². The Hall–Kier alpha value is -3.55. The van der Waals surface area contributed by atoms with Crippen molar-refractivity contribution < 1.29 is 23.9 Å². The van der Waals surface area contributed by atoms with Gasteiger partial charge in [-0.3, -0.25) is 14.4 Å². The number of esters is 1. The molecule has 0 bridgehead atoms. The number of nitrogens with zero attached hydrogens (tertiary/aromatic N) is 1. The van der Waals surface area contributed by atoms with E-state index in [4.69, 9.17) is 9.47 Å². The van der Waals surface area contributed by atoms with Crippen LogP contribution in [0.1, 0.15) is 33.3 Å². The van der Waals surface area contributed by atoms with Crippen molar-refractivity contribution in [2.45, 2.75) is 11.8 Å². The molecule has 4 unspecified atom stereocenters. The van der Waals surface area contributed by atoms with Crippen LogP contribution >= 0.6 is 15.9 Å². The molecule has 39 heavy (non-hydrogen) atoms. The zero-order valence-electron chi connectivity index (χ0n) is 21.4. The van der Waals surface area contributed by atoms with Crippen LogP contribution in [0.4, 0.5) is 0 Å². The minimum Gasteiger partial charge on any atom is -0.457 e. The van der Waals surface area contributed by atoms with Crippen molar-refractivity contribution in [1.82, 2.24) is 4.90 Å².